The van der Waals surface area contributed by atoms with Gasteiger partial charge >= 0.3 is 5.69 Å². The number of amides is 1. The molecular weight excluding hydrogens is 336 g/mol. The minimum Gasteiger partial charge on any atom is -0.325 e. The van der Waals surface area contributed by atoms with E-state index in [1.165, 1.54) is 4.40 Å². The Labute approximate surface area is 149 Å². The van der Waals surface area contributed by atoms with Crippen molar-refractivity contribution in [3.8, 4) is 0 Å². The number of carbonyl (C=O) groups is 1. The molecule has 0 aliphatic heterocycles. The highest BCUT2D eigenvalue weighted by atomic mass is 32.2. The first kappa shape index (κ1) is 17.2. The second-order valence-electron chi connectivity index (χ2n) is 5.83. The van der Waals surface area contributed by atoms with Gasteiger partial charge in [0.25, 0.3) is 0 Å². The molecule has 0 radical (unpaired) electrons. The maximum absolute atomic E-state index is 12.2. The third-order valence-corrected chi connectivity index (χ3v) is 4.61. The number of hydrogen-bond donors (Lipinski definition) is 1. The number of rotatable bonds is 4. The summed E-state index contributed by atoms with van der Waals surface area (Å²) in [5.41, 5.74) is 3.91. The SMILES string of the molecule is Cc1ccc(C)c(NC(=O)CSc2nc(=O)n3cccc(C)c3n2)c1. The van der Waals surface area contributed by atoms with Crippen LogP contribution in [0.4, 0.5) is 5.69 Å². The highest BCUT2D eigenvalue weighted by Gasteiger charge is 2.10. The van der Waals surface area contributed by atoms with Crippen LogP contribution < -0.4 is 11.0 Å². The van der Waals surface area contributed by atoms with Gasteiger partial charge < -0.3 is 5.32 Å². The van der Waals surface area contributed by atoms with Gasteiger partial charge in [-0.2, -0.15) is 4.98 Å². The van der Waals surface area contributed by atoms with Crippen molar-refractivity contribution in [2.75, 3.05) is 11.1 Å². The van der Waals surface area contributed by atoms with Gasteiger partial charge in [0.05, 0.1) is 5.75 Å². The van der Waals surface area contributed by atoms with E-state index in [0.29, 0.717) is 10.8 Å². The molecule has 25 heavy (non-hydrogen) atoms. The molecule has 1 aromatic carbocycles. The normalized spacial score (nSPS) is 10.8. The fourth-order valence-electron chi connectivity index (χ4n) is 2.41. The summed E-state index contributed by atoms with van der Waals surface area (Å²) in [4.78, 5) is 32.6. The summed E-state index contributed by atoms with van der Waals surface area (Å²) < 4.78 is 1.40. The van der Waals surface area contributed by atoms with Crippen LogP contribution in [0.2, 0.25) is 0 Å². The second-order valence-corrected chi connectivity index (χ2v) is 6.77. The molecule has 0 unspecified atom stereocenters. The largest absolute Gasteiger partial charge is 0.355 e. The maximum atomic E-state index is 12.2. The van der Waals surface area contributed by atoms with E-state index in [-0.39, 0.29) is 11.7 Å². The summed E-state index contributed by atoms with van der Waals surface area (Å²) in [5.74, 6) is -0.0261. The molecule has 0 saturated carbocycles. The number of pyridine rings is 1. The number of nitrogens with one attached hydrogen (secondary N) is 1. The van der Waals surface area contributed by atoms with Crippen molar-refractivity contribution in [1.29, 1.82) is 0 Å². The van der Waals surface area contributed by atoms with Crippen molar-refractivity contribution < 1.29 is 4.79 Å². The average Bonchev–Trinajstić information content (AvgIpc) is 2.57. The van der Waals surface area contributed by atoms with Gasteiger partial charge in [0, 0.05) is 11.9 Å². The lowest BCUT2D eigenvalue weighted by atomic mass is 10.1. The van der Waals surface area contributed by atoms with Crippen LogP contribution in [-0.4, -0.2) is 26.0 Å². The van der Waals surface area contributed by atoms with Gasteiger partial charge in [0.2, 0.25) is 5.91 Å². The summed E-state index contributed by atoms with van der Waals surface area (Å²) in [6, 6.07) is 9.55. The lowest BCUT2D eigenvalue weighted by Crippen LogP contribution is -2.20. The molecule has 0 saturated heterocycles. The lowest BCUT2D eigenvalue weighted by Gasteiger charge is -2.09. The molecule has 128 valence electrons. The third-order valence-electron chi connectivity index (χ3n) is 3.76. The molecular formula is C18H18N4O2S. The predicted octanol–water partition coefficient (Wildman–Crippen LogP) is 2.75. The predicted molar refractivity (Wildman–Crippen MR) is 99.3 cm³/mol. The first-order valence-electron chi connectivity index (χ1n) is 7.80. The standard InChI is InChI=1S/C18H18N4O2S/c1-11-6-7-12(2)14(9-11)19-15(23)10-25-17-20-16-13(3)5-4-8-22(16)18(24)21-17/h4-9H,10H2,1-3H3,(H,19,23). The fraction of sp³-hybridized carbons (Fsp3) is 0.222. The maximum Gasteiger partial charge on any atom is 0.355 e. The van der Waals surface area contributed by atoms with E-state index in [1.807, 2.05) is 45.0 Å². The van der Waals surface area contributed by atoms with Crippen LogP contribution in [0.25, 0.3) is 5.65 Å². The van der Waals surface area contributed by atoms with Crippen molar-refractivity contribution in [3.63, 3.8) is 0 Å². The number of fused-ring (bicyclic) bond motifs is 1. The Bertz CT molecular complexity index is 1010. The molecule has 0 atom stereocenters. The first-order valence-corrected chi connectivity index (χ1v) is 8.78. The van der Waals surface area contributed by atoms with E-state index in [2.05, 4.69) is 15.3 Å². The van der Waals surface area contributed by atoms with Gasteiger partial charge in [0.1, 0.15) is 5.65 Å². The van der Waals surface area contributed by atoms with Crippen molar-refractivity contribution in [2.45, 2.75) is 25.9 Å². The molecule has 2 heterocycles. The van der Waals surface area contributed by atoms with Crippen LogP contribution >= 0.6 is 11.8 Å². The summed E-state index contributed by atoms with van der Waals surface area (Å²) in [7, 11) is 0. The number of aromatic nitrogens is 3. The lowest BCUT2D eigenvalue weighted by molar-refractivity contribution is -0.113. The van der Waals surface area contributed by atoms with Gasteiger partial charge in [-0.15, -0.1) is 0 Å². The van der Waals surface area contributed by atoms with E-state index < -0.39 is 5.69 Å². The quantitative estimate of drug-likeness (QED) is 0.729. The molecule has 7 heteroatoms. The molecule has 1 amide bonds. The van der Waals surface area contributed by atoms with Crippen LogP contribution in [0.1, 0.15) is 16.7 Å². The molecule has 0 aliphatic rings. The molecule has 0 fully saturated rings. The van der Waals surface area contributed by atoms with Gasteiger partial charge in [-0.25, -0.2) is 9.78 Å². The summed E-state index contributed by atoms with van der Waals surface area (Å²) in [6.07, 6.45) is 1.63. The number of aryl methyl sites for hydroxylation is 3. The van der Waals surface area contributed by atoms with Crippen LogP contribution in [0.5, 0.6) is 0 Å². The number of anilines is 1. The first-order chi connectivity index (χ1) is 11.9. The molecule has 2 aromatic heterocycles. The highest BCUT2D eigenvalue weighted by Crippen LogP contribution is 2.18. The van der Waals surface area contributed by atoms with Gasteiger partial charge in [-0.1, -0.05) is 30.0 Å². The zero-order valence-electron chi connectivity index (χ0n) is 14.2. The Morgan fingerprint density at radius 1 is 1.16 bits per heavy atom. The Morgan fingerprint density at radius 2 is 1.96 bits per heavy atom. The highest BCUT2D eigenvalue weighted by molar-refractivity contribution is 7.99. The van der Waals surface area contributed by atoms with E-state index in [9.17, 15) is 9.59 Å². The van der Waals surface area contributed by atoms with Crippen molar-refractivity contribution in [2.24, 2.45) is 0 Å². The number of carbonyl (C=O) groups excluding carboxylic acids is 1. The van der Waals surface area contributed by atoms with E-state index in [1.54, 1.807) is 12.3 Å². The van der Waals surface area contributed by atoms with E-state index >= 15 is 0 Å². The van der Waals surface area contributed by atoms with Crippen LogP contribution in [0.15, 0.2) is 46.5 Å². The number of thioether (sulfide) groups is 1. The second kappa shape index (κ2) is 7.06. The van der Waals surface area contributed by atoms with Gasteiger partial charge in [-0.05, 0) is 49.6 Å². The Morgan fingerprint density at radius 3 is 2.76 bits per heavy atom. The summed E-state index contributed by atoms with van der Waals surface area (Å²) >= 11 is 1.15. The van der Waals surface area contributed by atoms with Crippen molar-refractivity contribution in [1.82, 2.24) is 14.4 Å². The Balaban J connectivity index is 1.74. The Hall–Kier alpha value is -2.67. The zero-order valence-corrected chi connectivity index (χ0v) is 15.1. The zero-order chi connectivity index (χ0) is 18.0. The monoisotopic (exact) mass is 354 g/mol. The molecule has 0 aliphatic carbocycles. The molecule has 0 spiro atoms. The van der Waals surface area contributed by atoms with Crippen molar-refractivity contribution in [3.05, 3.63) is 63.7 Å². The molecule has 3 rings (SSSR count). The van der Waals surface area contributed by atoms with Crippen LogP contribution in [0.3, 0.4) is 0 Å². The minimum atomic E-state index is -0.397. The minimum absolute atomic E-state index is 0.134. The van der Waals surface area contributed by atoms with E-state index in [4.69, 9.17) is 0 Å². The molecule has 0 bridgehead atoms. The fourth-order valence-corrected chi connectivity index (χ4v) is 3.03. The average molecular weight is 354 g/mol. The molecule has 6 nitrogen and oxygen atoms in total. The molecule has 1 N–H and O–H groups in total. The number of benzene rings is 1. The summed E-state index contributed by atoms with van der Waals surface area (Å²) in [6.45, 7) is 5.80. The topological polar surface area (TPSA) is 76.4 Å². The number of hydrogen-bond acceptors (Lipinski definition) is 5. The molecule has 3 aromatic rings. The smallest absolute Gasteiger partial charge is 0.325 e. The Kier molecular flexibility index (Phi) is 4.85. The van der Waals surface area contributed by atoms with Crippen LogP contribution in [0, 0.1) is 20.8 Å². The van der Waals surface area contributed by atoms with Gasteiger partial charge in [0.15, 0.2) is 5.16 Å². The third kappa shape index (κ3) is 3.88. The van der Waals surface area contributed by atoms with E-state index in [0.717, 1.165) is 34.1 Å². The number of nitrogens with zero attached hydrogens (tertiary/aromatic N) is 3. The van der Waals surface area contributed by atoms with Crippen molar-refractivity contribution >= 4 is 29.0 Å². The summed E-state index contributed by atoms with van der Waals surface area (Å²) in [5, 5.41) is 3.19. The van der Waals surface area contributed by atoms with Gasteiger partial charge in [-0.3, -0.25) is 9.20 Å². The van der Waals surface area contributed by atoms with Crippen LogP contribution in [-0.2, 0) is 4.79 Å².